The van der Waals surface area contributed by atoms with Gasteiger partial charge in [0.05, 0.1) is 22.3 Å². The Labute approximate surface area is 234 Å². The van der Waals surface area contributed by atoms with Crippen LogP contribution < -0.4 is 15.8 Å². The summed E-state index contributed by atoms with van der Waals surface area (Å²) in [5, 5.41) is 12.6. The van der Waals surface area contributed by atoms with Crippen LogP contribution in [0.4, 0.5) is 5.00 Å². The highest BCUT2D eigenvalue weighted by Crippen LogP contribution is 2.34. The van der Waals surface area contributed by atoms with Gasteiger partial charge in [-0.15, -0.1) is 21.5 Å². The van der Waals surface area contributed by atoms with E-state index < -0.39 is 18.0 Å². The van der Waals surface area contributed by atoms with E-state index in [4.69, 9.17) is 26.8 Å². The largest absolute Gasteiger partial charge is 0.482 e. The molecule has 0 aliphatic rings. The molecule has 2 heterocycles. The van der Waals surface area contributed by atoms with Gasteiger partial charge in [-0.2, -0.15) is 0 Å². The maximum Gasteiger partial charge on any atom is 0.341 e. The number of hydrogen-bond acceptors (Lipinski definition) is 9. The fraction of sp³-hybridized carbons (Fsp3) is 0.400. The Morgan fingerprint density at radius 3 is 2.53 bits per heavy atom. The Morgan fingerprint density at radius 2 is 1.92 bits per heavy atom. The Bertz CT molecular complexity index is 1350. The summed E-state index contributed by atoms with van der Waals surface area (Å²) >= 11 is 8.17. The van der Waals surface area contributed by atoms with Gasteiger partial charge in [-0.3, -0.25) is 9.59 Å². The van der Waals surface area contributed by atoms with Crippen LogP contribution in [0.15, 0.2) is 23.4 Å². The molecule has 0 fully saturated rings. The molecule has 13 heteroatoms. The van der Waals surface area contributed by atoms with Crippen LogP contribution in [0.25, 0.3) is 0 Å². The van der Waals surface area contributed by atoms with Crippen LogP contribution in [0.5, 0.6) is 5.75 Å². The third-order valence-electron chi connectivity index (χ3n) is 5.37. The topological polar surface area (TPSA) is 138 Å². The Morgan fingerprint density at radius 1 is 1.21 bits per heavy atom. The van der Waals surface area contributed by atoms with E-state index in [0.717, 1.165) is 16.9 Å². The predicted molar refractivity (Wildman–Crippen MR) is 148 cm³/mol. The lowest BCUT2D eigenvalue weighted by Gasteiger charge is -2.17. The molecule has 0 saturated carbocycles. The van der Waals surface area contributed by atoms with Crippen molar-refractivity contribution in [2.75, 3.05) is 11.1 Å². The van der Waals surface area contributed by atoms with E-state index in [9.17, 15) is 14.4 Å². The summed E-state index contributed by atoms with van der Waals surface area (Å²) in [5.41, 5.74) is 6.85. The van der Waals surface area contributed by atoms with Gasteiger partial charge in [-0.05, 0) is 70.9 Å². The molecule has 0 bridgehead atoms. The van der Waals surface area contributed by atoms with Crippen LogP contribution in [-0.4, -0.2) is 44.4 Å². The van der Waals surface area contributed by atoms with Crippen LogP contribution in [0.2, 0.25) is 5.02 Å². The minimum absolute atomic E-state index is 0.00875. The number of nitrogens with one attached hydrogen (secondary N) is 1. The number of ether oxygens (including phenoxy) is 2. The molecule has 0 radical (unpaired) electrons. The van der Waals surface area contributed by atoms with Gasteiger partial charge in [0.1, 0.15) is 10.8 Å². The number of thiophene rings is 1. The number of hydrogen-bond donors (Lipinski definition) is 2. The molecule has 0 saturated heterocycles. The molecule has 0 aliphatic heterocycles. The number of benzene rings is 1. The maximum absolute atomic E-state index is 12.8. The smallest absolute Gasteiger partial charge is 0.341 e. The first-order valence-corrected chi connectivity index (χ1v) is 14.0. The van der Waals surface area contributed by atoms with E-state index in [1.165, 1.54) is 11.8 Å². The lowest BCUT2D eigenvalue weighted by molar-refractivity contribution is -0.113. The van der Waals surface area contributed by atoms with E-state index in [1.54, 1.807) is 26.8 Å². The number of carbonyl (C=O) groups excluding carboxylic acids is 3. The molecular formula is C25H30ClN5O5S2. The Kier molecular flexibility index (Phi) is 9.80. The highest BCUT2D eigenvalue weighted by atomic mass is 35.5. The molecule has 3 rings (SSSR count). The number of aromatic nitrogens is 3. The number of halogens is 1. The van der Waals surface area contributed by atoms with Gasteiger partial charge in [0.15, 0.2) is 17.1 Å². The highest BCUT2D eigenvalue weighted by Gasteiger charge is 2.27. The number of thioether (sulfide) groups is 1. The van der Waals surface area contributed by atoms with Gasteiger partial charge in [0.25, 0.3) is 5.91 Å². The quantitative estimate of drug-likeness (QED) is 0.234. The third kappa shape index (κ3) is 6.86. The predicted octanol–water partition coefficient (Wildman–Crippen LogP) is 5.16. The number of nitrogens with zero attached hydrogens (tertiary/aromatic N) is 3. The van der Waals surface area contributed by atoms with Crippen LogP contribution >= 0.6 is 34.7 Å². The van der Waals surface area contributed by atoms with Crippen molar-refractivity contribution in [1.29, 1.82) is 0 Å². The van der Waals surface area contributed by atoms with Crippen molar-refractivity contribution >= 4 is 57.5 Å². The SMILES string of the molecule is CCn1c(SCC(=O)Nc2sc(C(N)=O)c(C)c2C(=O)OC(C)C)nnc1C(C)Oc1ccc(Cl)cc1C. The molecule has 3 N–H and O–H groups in total. The molecular weight excluding hydrogens is 550 g/mol. The third-order valence-corrected chi connectivity index (χ3v) is 7.79. The molecule has 1 unspecified atom stereocenters. The molecule has 1 atom stereocenters. The van der Waals surface area contributed by atoms with Crippen molar-refractivity contribution in [3.63, 3.8) is 0 Å². The summed E-state index contributed by atoms with van der Waals surface area (Å²) in [5.74, 6) is -0.415. The highest BCUT2D eigenvalue weighted by molar-refractivity contribution is 7.99. The van der Waals surface area contributed by atoms with E-state index in [1.807, 2.05) is 37.5 Å². The average Bonchev–Trinajstić information content (AvgIpc) is 3.39. The monoisotopic (exact) mass is 579 g/mol. The van der Waals surface area contributed by atoms with Crippen molar-refractivity contribution in [2.45, 2.75) is 65.5 Å². The molecule has 1 aromatic carbocycles. The minimum Gasteiger partial charge on any atom is -0.482 e. The van der Waals surface area contributed by atoms with Gasteiger partial charge >= 0.3 is 5.97 Å². The Balaban J connectivity index is 1.73. The van der Waals surface area contributed by atoms with Crippen molar-refractivity contribution in [3.05, 3.63) is 50.6 Å². The first-order valence-electron chi connectivity index (χ1n) is 11.9. The van der Waals surface area contributed by atoms with Gasteiger partial charge in [0, 0.05) is 11.6 Å². The lowest BCUT2D eigenvalue weighted by atomic mass is 10.1. The van der Waals surface area contributed by atoms with Crippen molar-refractivity contribution in [2.24, 2.45) is 5.73 Å². The number of carbonyl (C=O) groups is 3. The number of rotatable bonds is 11. The van der Waals surface area contributed by atoms with Gasteiger partial charge in [-0.1, -0.05) is 23.4 Å². The summed E-state index contributed by atoms with van der Waals surface area (Å²) < 4.78 is 13.3. The number of aryl methyl sites for hydroxylation is 1. The normalized spacial score (nSPS) is 11.9. The minimum atomic E-state index is -0.685. The van der Waals surface area contributed by atoms with Crippen molar-refractivity contribution in [3.8, 4) is 5.75 Å². The zero-order valence-electron chi connectivity index (χ0n) is 22.0. The number of nitrogens with two attached hydrogens (primary N) is 1. The molecule has 0 spiro atoms. The standard InChI is InChI=1S/C25H30ClN5O5S2/c1-7-31-22(15(6)36-17-9-8-16(26)10-13(17)4)29-30-25(31)37-11-18(32)28-23-19(24(34)35-12(2)3)14(5)20(38-23)21(27)33/h8-10,12,15H,7,11H2,1-6H3,(H2,27,33)(H,28,32). The summed E-state index contributed by atoms with van der Waals surface area (Å²) in [6, 6.07) is 5.39. The maximum atomic E-state index is 12.8. The number of amides is 2. The molecule has 2 aromatic heterocycles. The van der Waals surface area contributed by atoms with Gasteiger partial charge in [-0.25, -0.2) is 4.79 Å². The second-order valence-electron chi connectivity index (χ2n) is 8.67. The van der Waals surface area contributed by atoms with Crippen LogP contribution in [-0.2, 0) is 16.1 Å². The van der Waals surface area contributed by atoms with E-state index in [2.05, 4.69) is 15.5 Å². The number of primary amides is 1. The molecule has 0 aliphatic carbocycles. The molecule has 2 amide bonds. The molecule has 38 heavy (non-hydrogen) atoms. The molecule has 204 valence electrons. The second kappa shape index (κ2) is 12.6. The molecule has 3 aromatic rings. The summed E-state index contributed by atoms with van der Waals surface area (Å²) in [4.78, 5) is 37.5. The van der Waals surface area contributed by atoms with Crippen LogP contribution in [0.3, 0.4) is 0 Å². The first-order chi connectivity index (χ1) is 17.9. The Hall–Kier alpha value is -3.09. The fourth-order valence-electron chi connectivity index (χ4n) is 3.64. The summed E-state index contributed by atoms with van der Waals surface area (Å²) in [6.07, 6.45) is -0.774. The average molecular weight is 580 g/mol. The fourth-order valence-corrected chi connectivity index (χ4v) is 5.74. The van der Waals surface area contributed by atoms with Gasteiger partial charge < -0.3 is 25.1 Å². The van der Waals surface area contributed by atoms with E-state index >= 15 is 0 Å². The molecule has 10 nitrogen and oxygen atoms in total. The number of anilines is 1. The number of esters is 1. The van der Waals surface area contributed by atoms with Crippen LogP contribution in [0.1, 0.15) is 70.8 Å². The second-order valence-corrected chi connectivity index (χ2v) is 11.1. The van der Waals surface area contributed by atoms with E-state index in [-0.39, 0.29) is 33.2 Å². The van der Waals surface area contributed by atoms with Gasteiger partial charge in [0.2, 0.25) is 5.91 Å². The van der Waals surface area contributed by atoms with E-state index in [0.29, 0.717) is 33.9 Å². The van der Waals surface area contributed by atoms with Crippen molar-refractivity contribution in [1.82, 2.24) is 14.8 Å². The lowest BCUT2D eigenvalue weighted by Crippen LogP contribution is -2.18. The van der Waals surface area contributed by atoms with Crippen LogP contribution in [0, 0.1) is 13.8 Å². The summed E-state index contributed by atoms with van der Waals surface area (Å²) in [7, 11) is 0. The summed E-state index contributed by atoms with van der Waals surface area (Å²) in [6.45, 7) is 11.3. The zero-order chi connectivity index (χ0) is 28.1. The zero-order valence-corrected chi connectivity index (χ0v) is 24.3. The van der Waals surface area contributed by atoms with Crippen molar-refractivity contribution < 1.29 is 23.9 Å². The first kappa shape index (κ1) is 29.5.